The first kappa shape index (κ1) is 34.5. The van der Waals surface area contributed by atoms with E-state index in [0.29, 0.717) is 0 Å². The lowest BCUT2D eigenvalue weighted by Crippen LogP contribution is -2.57. The van der Waals surface area contributed by atoms with Gasteiger partial charge in [-0.05, 0) is 99.1 Å². The van der Waals surface area contributed by atoms with Crippen LogP contribution in [0.2, 0.25) is 0 Å². The van der Waals surface area contributed by atoms with Crippen LogP contribution in [0.15, 0.2) is 167 Å². The van der Waals surface area contributed by atoms with E-state index in [1.165, 1.54) is 83.0 Å². The second kappa shape index (κ2) is 12.2. The van der Waals surface area contributed by atoms with E-state index in [1.807, 2.05) is 0 Å². The van der Waals surface area contributed by atoms with Gasteiger partial charge in [0.2, 0.25) is 0 Å². The molecule has 14 rings (SSSR count). The van der Waals surface area contributed by atoms with Crippen molar-refractivity contribution in [3.8, 4) is 33.4 Å². The van der Waals surface area contributed by atoms with Crippen LogP contribution < -0.4 is 15.8 Å². The Morgan fingerprint density at radius 2 is 1.29 bits per heavy atom. The largest absolute Gasteiger partial charge is 0.456 e. The van der Waals surface area contributed by atoms with E-state index >= 15 is 0 Å². The molecule has 0 saturated heterocycles. The summed E-state index contributed by atoms with van der Waals surface area (Å²) in [5, 5.41) is 5.80. The molecule has 4 nitrogen and oxygen atoms in total. The summed E-state index contributed by atoms with van der Waals surface area (Å²) in [6, 6.07) is 58.5. The van der Waals surface area contributed by atoms with Gasteiger partial charge in [-0.25, -0.2) is 0 Å². The van der Waals surface area contributed by atoms with Crippen molar-refractivity contribution in [2.45, 2.75) is 45.4 Å². The minimum atomic E-state index is -0.239. The molecule has 0 fully saturated rings. The Morgan fingerprint density at radius 1 is 0.565 bits per heavy atom. The molecule has 0 spiro atoms. The van der Waals surface area contributed by atoms with Gasteiger partial charge in [0.1, 0.15) is 16.7 Å². The topological polar surface area (TPSA) is 34.5 Å². The van der Waals surface area contributed by atoms with Crippen LogP contribution >= 0.6 is 0 Å². The summed E-state index contributed by atoms with van der Waals surface area (Å²) in [6.07, 6.45) is 3.35. The van der Waals surface area contributed by atoms with E-state index in [1.54, 1.807) is 0 Å². The van der Waals surface area contributed by atoms with E-state index in [4.69, 9.17) is 8.83 Å². The summed E-state index contributed by atoms with van der Waals surface area (Å²) in [5.74, 6) is 0. The van der Waals surface area contributed by atoms with Crippen molar-refractivity contribution in [2.24, 2.45) is 0 Å². The maximum atomic E-state index is 7.06. The number of hydrogen-bond acceptors (Lipinski definition) is 3. The van der Waals surface area contributed by atoms with Gasteiger partial charge in [0.15, 0.2) is 5.71 Å². The average molecular weight is 797 g/mol. The molecule has 0 N–H and O–H groups in total. The molecule has 0 unspecified atom stereocenters. The average Bonchev–Trinajstić information content (AvgIpc) is 4.04. The molecule has 62 heavy (non-hydrogen) atoms. The first-order valence-electron chi connectivity index (χ1n) is 22.2. The van der Waals surface area contributed by atoms with Crippen LogP contribution in [0.4, 0.5) is 17.1 Å². The Kier molecular flexibility index (Phi) is 6.78. The van der Waals surface area contributed by atoms with Crippen LogP contribution in [0, 0.1) is 0 Å². The highest BCUT2D eigenvalue weighted by Crippen LogP contribution is 2.58. The first-order chi connectivity index (χ1) is 30.5. The van der Waals surface area contributed by atoms with Crippen LogP contribution in [0.5, 0.6) is 0 Å². The standard InChI is InChI=1S/C57H41BN2O2/c1-4-5-16-33-27-29-44(40(31-33)34-17-7-6-8-18-34)59-45-32-42-50(35-19-9-12-24-41(35)57(42,2)3)52-39-23-15-22-38-49-36-20-10-14-26-47(36)62-56(49)60(54(38)39)58(53(45)52)43-28-30-48-51(55(43)59)37-21-11-13-25-46(37)61-48/h6-15,17-32H,4-5,16H2,1-3H3. The van der Waals surface area contributed by atoms with Gasteiger partial charge in [-0.3, -0.25) is 0 Å². The van der Waals surface area contributed by atoms with Crippen molar-refractivity contribution < 1.29 is 8.83 Å². The summed E-state index contributed by atoms with van der Waals surface area (Å²) in [4.78, 5) is 2.63. The zero-order valence-corrected chi connectivity index (χ0v) is 34.9. The van der Waals surface area contributed by atoms with E-state index in [2.05, 4.69) is 188 Å². The van der Waals surface area contributed by atoms with Gasteiger partial charge in [0, 0.05) is 43.9 Å². The maximum Gasteiger partial charge on any atom is 0.336 e. The minimum absolute atomic E-state index is 0.190. The molecule has 3 aromatic heterocycles. The molecule has 2 aliphatic heterocycles. The highest BCUT2D eigenvalue weighted by molar-refractivity contribution is 6.90. The summed E-state index contributed by atoms with van der Waals surface area (Å²) in [6.45, 7) is 6.92. The highest BCUT2D eigenvalue weighted by Gasteiger charge is 2.49. The molecule has 8 aromatic carbocycles. The second-order valence-corrected chi connectivity index (χ2v) is 18.2. The number of aryl methyl sites for hydroxylation is 1. The van der Waals surface area contributed by atoms with Crippen LogP contribution in [0.1, 0.15) is 50.3 Å². The molecule has 0 radical (unpaired) electrons. The normalized spacial score (nSPS) is 14.3. The molecule has 1 aliphatic carbocycles. The second-order valence-electron chi connectivity index (χ2n) is 18.2. The highest BCUT2D eigenvalue weighted by atomic mass is 16.3. The molecule has 5 heterocycles. The summed E-state index contributed by atoms with van der Waals surface area (Å²) < 4.78 is 16.4. The molecule has 0 saturated carbocycles. The number of furan rings is 2. The number of aromatic nitrogens is 1. The zero-order chi connectivity index (χ0) is 41.0. The van der Waals surface area contributed by atoms with Gasteiger partial charge in [0.05, 0.1) is 22.1 Å². The number of benzene rings is 8. The number of unbranched alkanes of at least 4 members (excludes halogenated alkanes) is 1. The molecule has 0 amide bonds. The smallest absolute Gasteiger partial charge is 0.336 e. The van der Waals surface area contributed by atoms with Crippen molar-refractivity contribution >= 4 is 89.7 Å². The van der Waals surface area contributed by atoms with Crippen molar-refractivity contribution in [1.82, 2.24) is 4.48 Å². The minimum Gasteiger partial charge on any atom is -0.456 e. The molecular formula is C57H41BN2O2. The Balaban J connectivity index is 1.21. The molecule has 3 aliphatic rings. The van der Waals surface area contributed by atoms with Crippen LogP contribution in [0.25, 0.3) is 88.3 Å². The van der Waals surface area contributed by atoms with Gasteiger partial charge < -0.3 is 18.2 Å². The number of nitrogens with zero attached hydrogens (tertiary/aromatic N) is 2. The third-order valence-corrected chi connectivity index (χ3v) is 14.5. The predicted molar refractivity (Wildman–Crippen MR) is 259 cm³/mol. The number of anilines is 3. The number of rotatable bonds is 5. The van der Waals surface area contributed by atoms with E-state index in [9.17, 15) is 0 Å². The van der Waals surface area contributed by atoms with Crippen molar-refractivity contribution in [3.05, 3.63) is 174 Å². The number of fused-ring (bicyclic) bond motifs is 17. The predicted octanol–water partition coefficient (Wildman–Crippen LogP) is 14.2. The number of para-hydroxylation sites is 3. The van der Waals surface area contributed by atoms with Gasteiger partial charge in [-0.1, -0.05) is 149 Å². The monoisotopic (exact) mass is 796 g/mol. The lowest BCUT2D eigenvalue weighted by molar-refractivity contribution is 0.650. The molecule has 0 atom stereocenters. The summed E-state index contributed by atoms with van der Waals surface area (Å²) in [7, 11) is 0. The van der Waals surface area contributed by atoms with E-state index < -0.39 is 0 Å². The third kappa shape index (κ3) is 4.28. The van der Waals surface area contributed by atoms with Gasteiger partial charge in [-0.15, -0.1) is 0 Å². The first-order valence-corrected chi connectivity index (χ1v) is 22.2. The molecule has 294 valence electrons. The van der Waals surface area contributed by atoms with Crippen molar-refractivity contribution in [3.63, 3.8) is 0 Å². The summed E-state index contributed by atoms with van der Waals surface area (Å²) in [5.41, 5.74) is 22.4. The lowest BCUT2D eigenvalue weighted by Gasteiger charge is -2.42. The molecule has 5 heteroatoms. The van der Waals surface area contributed by atoms with Crippen LogP contribution in [-0.2, 0) is 11.8 Å². The van der Waals surface area contributed by atoms with Crippen molar-refractivity contribution in [2.75, 3.05) is 4.90 Å². The SMILES string of the molecule is CCCCc1ccc(N2c3cc4c(c5c3B(c3ccc6oc7ccccc7c6c32)n2c3oc6ccccc6c3c3cccc-5c32)-c2ccccc2C4(C)C)c(-c2ccccc2)c1. The Hall–Kier alpha value is -7.24. The fraction of sp³-hybridized carbons (Fsp3) is 0.123. The lowest BCUT2D eigenvalue weighted by atomic mass is 9.44. The molecule has 0 bridgehead atoms. The van der Waals surface area contributed by atoms with E-state index in [-0.39, 0.29) is 12.3 Å². The Bertz CT molecular complexity index is 3730. The fourth-order valence-electron chi connectivity index (χ4n) is 11.8. The summed E-state index contributed by atoms with van der Waals surface area (Å²) >= 11 is 0. The van der Waals surface area contributed by atoms with Gasteiger partial charge in [0.25, 0.3) is 0 Å². The van der Waals surface area contributed by atoms with Gasteiger partial charge >= 0.3 is 6.85 Å². The molecular weight excluding hydrogens is 755 g/mol. The Labute approximate surface area is 359 Å². The maximum absolute atomic E-state index is 7.06. The molecule has 11 aromatic rings. The third-order valence-electron chi connectivity index (χ3n) is 14.5. The van der Waals surface area contributed by atoms with E-state index in [0.717, 1.165) is 69.3 Å². The van der Waals surface area contributed by atoms with Crippen LogP contribution in [-0.4, -0.2) is 11.3 Å². The quantitative estimate of drug-likeness (QED) is 0.163. The Morgan fingerprint density at radius 3 is 2.13 bits per heavy atom. The van der Waals surface area contributed by atoms with Crippen molar-refractivity contribution in [1.29, 1.82) is 0 Å². The van der Waals surface area contributed by atoms with Crippen LogP contribution in [0.3, 0.4) is 0 Å². The zero-order valence-electron chi connectivity index (χ0n) is 34.9. The number of hydrogen-bond donors (Lipinski definition) is 0. The fourth-order valence-corrected chi connectivity index (χ4v) is 11.8. The van der Waals surface area contributed by atoms with Gasteiger partial charge in [-0.2, -0.15) is 0 Å².